The highest BCUT2D eigenvalue weighted by atomic mass is 16.3. The molecule has 0 aliphatic heterocycles. The molecular weight excluding hydrogens is 208 g/mol. The maximum Gasteiger partial charge on any atom is 0.0703 e. The van der Waals surface area contributed by atoms with Crippen LogP contribution < -0.4 is 0 Å². The van der Waals surface area contributed by atoms with Crippen molar-refractivity contribution in [1.29, 1.82) is 0 Å². The first kappa shape index (κ1) is 13.4. The molecule has 0 heterocycles. The van der Waals surface area contributed by atoms with E-state index in [4.69, 9.17) is 0 Å². The van der Waals surface area contributed by atoms with E-state index >= 15 is 0 Å². The second-order valence-electron chi connectivity index (χ2n) is 6.47. The smallest absolute Gasteiger partial charge is 0.0703 e. The van der Waals surface area contributed by atoms with Crippen molar-refractivity contribution in [1.82, 2.24) is 0 Å². The fourth-order valence-electron chi connectivity index (χ4n) is 4.42. The third kappa shape index (κ3) is 2.70. The maximum absolute atomic E-state index is 11.1. The van der Waals surface area contributed by atoms with E-state index in [-0.39, 0.29) is 5.60 Å². The van der Waals surface area contributed by atoms with Crippen LogP contribution in [0.3, 0.4) is 0 Å². The Labute approximate surface area is 107 Å². The summed E-state index contributed by atoms with van der Waals surface area (Å²) in [6.07, 6.45) is 12.7. The standard InChI is InChI=1S/C16H30O/c1-3-13-8-10-15(11-9-13)16(17)12-6-5-7-14(16)4-2/h13-15,17H,3-12H2,1-2H3. The van der Waals surface area contributed by atoms with Gasteiger partial charge in [0.15, 0.2) is 0 Å². The molecule has 1 N–H and O–H groups in total. The zero-order valence-electron chi connectivity index (χ0n) is 11.8. The molecule has 2 aliphatic rings. The molecular formula is C16H30O. The van der Waals surface area contributed by atoms with Crippen molar-refractivity contribution >= 4 is 0 Å². The topological polar surface area (TPSA) is 20.2 Å². The molecule has 0 spiro atoms. The van der Waals surface area contributed by atoms with E-state index in [1.807, 2.05) is 0 Å². The van der Waals surface area contributed by atoms with E-state index in [0.717, 1.165) is 12.3 Å². The van der Waals surface area contributed by atoms with Crippen LogP contribution in [-0.2, 0) is 0 Å². The highest BCUT2D eigenvalue weighted by Crippen LogP contribution is 2.47. The summed E-state index contributed by atoms with van der Waals surface area (Å²) in [5, 5.41) is 11.1. The maximum atomic E-state index is 11.1. The fourth-order valence-corrected chi connectivity index (χ4v) is 4.42. The summed E-state index contributed by atoms with van der Waals surface area (Å²) >= 11 is 0. The summed E-state index contributed by atoms with van der Waals surface area (Å²) in [5.74, 6) is 2.13. The third-order valence-corrected chi connectivity index (χ3v) is 5.71. The average molecular weight is 238 g/mol. The van der Waals surface area contributed by atoms with Gasteiger partial charge in [-0.2, -0.15) is 0 Å². The van der Waals surface area contributed by atoms with E-state index in [0.29, 0.717) is 11.8 Å². The normalized spacial score (nSPS) is 43.6. The van der Waals surface area contributed by atoms with Crippen molar-refractivity contribution in [3.8, 4) is 0 Å². The van der Waals surface area contributed by atoms with Gasteiger partial charge < -0.3 is 5.11 Å². The van der Waals surface area contributed by atoms with Crippen LogP contribution in [0, 0.1) is 17.8 Å². The van der Waals surface area contributed by atoms with Crippen molar-refractivity contribution < 1.29 is 5.11 Å². The van der Waals surface area contributed by atoms with Gasteiger partial charge in [0.1, 0.15) is 0 Å². The minimum atomic E-state index is -0.300. The van der Waals surface area contributed by atoms with E-state index in [1.54, 1.807) is 0 Å². The largest absolute Gasteiger partial charge is 0.389 e. The first-order chi connectivity index (χ1) is 8.20. The van der Waals surface area contributed by atoms with Gasteiger partial charge in [-0.05, 0) is 43.4 Å². The number of aliphatic hydroxyl groups is 1. The Balaban J connectivity index is 1.99. The molecule has 2 unspecified atom stereocenters. The number of hydrogen-bond donors (Lipinski definition) is 1. The average Bonchev–Trinajstić information content (AvgIpc) is 2.39. The molecule has 1 heteroatoms. The Kier molecular flexibility index (Phi) is 4.52. The summed E-state index contributed by atoms with van der Waals surface area (Å²) in [6.45, 7) is 4.58. The molecule has 0 bridgehead atoms. The molecule has 0 aromatic heterocycles. The molecule has 0 amide bonds. The zero-order valence-corrected chi connectivity index (χ0v) is 11.8. The molecule has 0 aromatic carbocycles. The number of rotatable bonds is 3. The predicted octanol–water partition coefficient (Wildman–Crippen LogP) is 4.53. The minimum absolute atomic E-state index is 0.300. The van der Waals surface area contributed by atoms with Gasteiger partial charge in [0, 0.05) is 0 Å². The van der Waals surface area contributed by atoms with Gasteiger partial charge in [0.2, 0.25) is 0 Å². The second kappa shape index (κ2) is 5.73. The van der Waals surface area contributed by atoms with Crippen LogP contribution in [0.15, 0.2) is 0 Å². The molecule has 2 fully saturated rings. The van der Waals surface area contributed by atoms with Crippen LogP contribution in [0.1, 0.15) is 78.1 Å². The fraction of sp³-hybridized carbons (Fsp3) is 1.00. The Bertz CT molecular complexity index is 230. The first-order valence-corrected chi connectivity index (χ1v) is 7.93. The molecule has 17 heavy (non-hydrogen) atoms. The Morgan fingerprint density at radius 3 is 2.24 bits per heavy atom. The second-order valence-corrected chi connectivity index (χ2v) is 6.47. The van der Waals surface area contributed by atoms with Crippen molar-refractivity contribution in [2.75, 3.05) is 0 Å². The van der Waals surface area contributed by atoms with Crippen molar-refractivity contribution in [2.24, 2.45) is 17.8 Å². The molecule has 0 aromatic rings. The van der Waals surface area contributed by atoms with Crippen molar-refractivity contribution in [3.63, 3.8) is 0 Å². The molecule has 2 saturated carbocycles. The molecule has 1 nitrogen and oxygen atoms in total. The van der Waals surface area contributed by atoms with Crippen LogP contribution in [0.25, 0.3) is 0 Å². The Morgan fingerprint density at radius 1 is 0.941 bits per heavy atom. The lowest BCUT2D eigenvalue weighted by Crippen LogP contribution is -2.48. The molecule has 0 radical (unpaired) electrons. The summed E-state index contributed by atoms with van der Waals surface area (Å²) in [7, 11) is 0. The van der Waals surface area contributed by atoms with Crippen molar-refractivity contribution in [3.05, 3.63) is 0 Å². The summed E-state index contributed by atoms with van der Waals surface area (Å²) in [5.41, 5.74) is -0.300. The lowest BCUT2D eigenvalue weighted by Gasteiger charge is -2.47. The first-order valence-electron chi connectivity index (χ1n) is 7.93. The summed E-state index contributed by atoms with van der Waals surface area (Å²) < 4.78 is 0. The Hall–Kier alpha value is -0.0400. The highest BCUT2D eigenvalue weighted by Gasteiger charge is 2.44. The minimum Gasteiger partial charge on any atom is -0.389 e. The lowest BCUT2D eigenvalue weighted by atomic mass is 9.62. The van der Waals surface area contributed by atoms with Gasteiger partial charge in [-0.1, -0.05) is 52.4 Å². The van der Waals surface area contributed by atoms with Gasteiger partial charge >= 0.3 is 0 Å². The third-order valence-electron chi connectivity index (χ3n) is 5.71. The van der Waals surface area contributed by atoms with Gasteiger partial charge in [-0.25, -0.2) is 0 Å². The van der Waals surface area contributed by atoms with Crippen LogP contribution in [0.5, 0.6) is 0 Å². The van der Waals surface area contributed by atoms with Crippen LogP contribution in [0.4, 0.5) is 0 Å². The molecule has 2 atom stereocenters. The SMILES string of the molecule is CCC1CCC(C2(O)CCCCC2CC)CC1. The summed E-state index contributed by atoms with van der Waals surface area (Å²) in [6, 6.07) is 0. The quantitative estimate of drug-likeness (QED) is 0.765. The monoisotopic (exact) mass is 238 g/mol. The predicted molar refractivity (Wildman–Crippen MR) is 72.9 cm³/mol. The molecule has 2 aliphatic carbocycles. The van der Waals surface area contributed by atoms with Gasteiger partial charge in [0.05, 0.1) is 5.60 Å². The van der Waals surface area contributed by atoms with Gasteiger partial charge in [0.25, 0.3) is 0 Å². The van der Waals surface area contributed by atoms with E-state index in [2.05, 4.69) is 13.8 Å². The van der Waals surface area contributed by atoms with Crippen LogP contribution in [-0.4, -0.2) is 10.7 Å². The zero-order chi connectivity index (χ0) is 12.3. The van der Waals surface area contributed by atoms with Gasteiger partial charge in [-0.3, -0.25) is 0 Å². The Morgan fingerprint density at radius 2 is 1.65 bits per heavy atom. The van der Waals surface area contributed by atoms with Gasteiger partial charge in [-0.15, -0.1) is 0 Å². The molecule has 2 rings (SSSR count). The van der Waals surface area contributed by atoms with Crippen LogP contribution in [0.2, 0.25) is 0 Å². The molecule has 100 valence electrons. The van der Waals surface area contributed by atoms with Crippen molar-refractivity contribution in [2.45, 2.75) is 83.7 Å². The molecule has 0 saturated heterocycles. The van der Waals surface area contributed by atoms with E-state index < -0.39 is 0 Å². The lowest BCUT2D eigenvalue weighted by molar-refractivity contribution is -0.109. The van der Waals surface area contributed by atoms with Crippen LogP contribution >= 0.6 is 0 Å². The number of hydrogen-bond acceptors (Lipinski definition) is 1. The highest BCUT2D eigenvalue weighted by molar-refractivity contribution is 4.96. The van der Waals surface area contributed by atoms with E-state index in [1.165, 1.54) is 57.8 Å². The summed E-state index contributed by atoms with van der Waals surface area (Å²) in [4.78, 5) is 0. The van der Waals surface area contributed by atoms with E-state index in [9.17, 15) is 5.11 Å².